The summed E-state index contributed by atoms with van der Waals surface area (Å²) in [6.07, 6.45) is 7.53. The molecule has 4 unspecified atom stereocenters. The van der Waals surface area contributed by atoms with Crippen molar-refractivity contribution in [3.8, 4) is 0 Å². The van der Waals surface area contributed by atoms with Crippen LogP contribution in [0.1, 0.15) is 32.6 Å². The molecule has 2 amide bonds. The molecule has 3 aliphatic carbocycles. The van der Waals surface area contributed by atoms with E-state index < -0.39 is 0 Å². The second kappa shape index (κ2) is 3.73. The number of nitrogens with one attached hydrogen (secondary N) is 2. The van der Waals surface area contributed by atoms with Gasteiger partial charge in [0.25, 0.3) is 0 Å². The maximum atomic E-state index is 11.2. The van der Waals surface area contributed by atoms with E-state index in [1.165, 1.54) is 25.7 Å². The van der Waals surface area contributed by atoms with Crippen LogP contribution in [0.2, 0.25) is 0 Å². The van der Waals surface area contributed by atoms with E-state index in [0.717, 1.165) is 18.4 Å². The molecular formula is C13H21N3O. The molecule has 4 N–H and O–H groups in total. The lowest BCUT2D eigenvalue weighted by Gasteiger charge is -2.36. The number of carbonyl (C=O) groups is 1. The Kier molecular flexibility index (Phi) is 2.43. The Hall–Kier alpha value is -1.03. The van der Waals surface area contributed by atoms with Gasteiger partial charge in [-0.25, -0.2) is 10.6 Å². The van der Waals surface area contributed by atoms with Crippen LogP contribution in [0.25, 0.3) is 0 Å². The molecule has 4 atom stereocenters. The molecule has 3 aliphatic rings. The van der Waals surface area contributed by atoms with E-state index in [1.807, 2.05) is 0 Å². The standard InChI is InChI=1S/C13H21N3O/c1-8-2-9-3-10-5-13(4-8,6-11(9)10)7-15-12(17)16-14/h2,8,10-11H,3-7,14H2,1H3,(H2,15,16,17). The molecular weight excluding hydrogens is 214 g/mol. The van der Waals surface area contributed by atoms with Gasteiger partial charge in [0.15, 0.2) is 0 Å². The zero-order valence-electron chi connectivity index (χ0n) is 10.3. The number of fused-ring (bicyclic) bond motifs is 1. The minimum absolute atomic E-state index is 0.260. The molecule has 2 bridgehead atoms. The fourth-order valence-corrected chi connectivity index (χ4v) is 4.36. The van der Waals surface area contributed by atoms with Gasteiger partial charge in [-0.1, -0.05) is 18.6 Å². The number of urea groups is 1. The smallest absolute Gasteiger partial charge is 0.328 e. The Balaban J connectivity index is 1.72. The Bertz CT molecular complexity index is 379. The minimum atomic E-state index is -0.260. The zero-order valence-corrected chi connectivity index (χ0v) is 10.3. The van der Waals surface area contributed by atoms with E-state index in [0.29, 0.717) is 11.3 Å². The van der Waals surface area contributed by atoms with Gasteiger partial charge in [-0.15, -0.1) is 0 Å². The first-order valence-corrected chi connectivity index (χ1v) is 6.57. The summed E-state index contributed by atoms with van der Waals surface area (Å²) in [5.74, 6) is 7.46. The van der Waals surface area contributed by atoms with Crippen LogP contribution < -0.4 is 16.6 Å². The van der Waals surface area contributed by atoms with Crippen LogP contribution >= 0.6 is 0 Å². The van der Waals surface area contributed by atoms with Gasteiger partial charge in [-0.3, -0.25) is 5.43 Å². The molecule has 2 fully saturated rings. The quantitative estimate of drug-likeness (QED) is 0.294. The van der Waals surface area contributed by atoms with Crippen LogP contribution in [0.3, 0.4) is 0 Å². The van der Waals surface area contributed by atoms with Crippen LogP contribution in [0.5, 0.6) is 0 Å². The highest BCUT2D eigenvalue weighted by molar-refractivity contribution is 5.73. The Morgan fingerprint density at radius 3 is 3.12 bits per heavy atom. The van der Waals surface area contributed by atoms with E-state index >= 15 is 0 Å². The van der Waals surface area contributed by atoms with Gasteiger partial charge in [0.05, 0.1) is 0 Å². The SMILES string of the molecule is CC1C=C2CC3CC(CNC(=O)NN)(C1)CC23. The number of nitrogens with two attached hydrogens (primary N) is 1. The number of amides is 2. The maximum absolute atomic E-state index is 11.2. The summed E-state index contributed by atoms with van der Waals surface area (Å²) in [5.41, 5.74) is 4.15. The van der Waals surface area contributed by atoms with Gasteiger partial charge >= 0.3 is 6.03 Å². The van der Waals surface area contributed by atoms with Gasteiger partial charge in [0, 0.05) is 6.54 Å². The van der Waals surface area contributed by atoms with Crippen molar-refractivity contribution in [2.45, 2.75) is 32.6 Å². The predicted octanol–water partition coefficient (Wildman–Crippen LogP) is 1.54. The van der Waals surface area contributed by atoms with E-state index in [9.17, 15) is 4.79 Å². The summed E-state index contributed by atoms with van der Waals surface area (Å²) < 4.78 is 0. The van der Waals surface area contributed by atoms with Crippen molar-refractivity contribution < 1.29 is 4.79 Å². The molecule has 0 spiro atoms. The predicted molar refractivity (Wildman–Crippen MR) is 65.8 cm³/mol. The first-order valence-electron chi connectivity index (χ1n) is 6.57. The van der Waals surface area contributed by atoms with Crippen LogP contribution in [-0.2, 0) is 0 Å². The van der Waals surface area contributed by atoms with Crippen LogP contribution in [0, 0.1) is 23.2 Å². The number of allylic oxidation sites excluding steroid dienone is 2. The highest BCUT2D eigenvalue weighted by Crippen LogP contribution is 2.62. The molecule has 94 valence electrons. The zero-order chi connectivity index (χ0) is 12.0. The molecule has 17 heavy (non-hydrogen) atoms. The summed E-state index contributed by atoms with van der Waals surface area (Å²) >= 11 is 0. The summed E-state index contributed by atoms with van der Waals surface area (Å²) in [4.78, 5) is 11.2. The fourth-order valence-electron chi connectivity index (χ4n) is 4.36. The largest absolute Gasteiger partial charge is 0.337 e. The van der Waals surface area contributed by atoms with Crippen molar-refractivity contribution in [2.75, 3.05) is 6.54 Å². The first kappa shape index (κ1) is 11.1. The molecule has 0 heterocycles. The number of hydrogen-bond acceptors (Lipinski definition) is 2. The Morgan fingerprint density at radius 1 is 1.53 bits per heavy atom. The molecule has 0 radical (unpaired) electrons. The lowest BCUT2D eigenvalue weighted by Crippen LogP contribution is -2.45. The lowest BCUT2D eigenvalue weighted by atomic mass is 9.69. The molecule has 0 aromatic carbocycles. The molecule has 0 aliphatic heterocycles. The van der Waals surface area contributed by atoms with Gasteiger partial charge < -0.3 is 5.32 Å². The number of hydrazine groups is 1. The minimum Gasteiger partial charge on any atom is -0.337 e. The van der Waals surface area contributed by atoms with Gasteiger partial charge in [0.1, 0.15) is 0 Å². The van der Waals surface area contributed by atoms with Crippen molar-refractivity contribution in [1.82, 2.24) is 10.7 Å². The maximum Gasteiger partial charge on any atom is 0.328 e. The molecule has 0 aromatic rings. The molecule has 2 saturated carbocycles. The second-order valence-corrected chi connectivity index (χ2v) is 6.23. The van der Waals surface area contributed by atoms with Gasteiger partial charge in [-0.05, 0) is 48.9 Å². The summed E-state index contributed by atoms with van der Waals surface area (Å²) in [6, 6.07) is -0.260. The number of hydrogen-bond donors (Lipinski definition) is 3. The average Bonchev–Trinajstić information content (AvgIpc) is 2.50. The Morgan fingerprint density at radius 2 is 2.35 bits per heavy atom. The van der Waals surface area contributed by atoms with E-state index in [-0.39, 0.29) is 6.03 Å². The summed E-state index contributed by atoms with van der Waals surface area (Å²) in [6.45, 7) is 3.07. The normalized spacial score (nSPS) is 42.2. The fraction of sp³-hybridized carbons (Fsp3) is 0.769. The van der Waals surface area contributed by atoms with Crippen molar-refractivity contribution in [3.05, 3.63) is 11.6 Å². The monoisotopic (exact) mass is 235 g/mol. The number of carbonyl (C=O) groups excluding carboxylic acids is 1. The van der Waals surface area contributed by atoms with E-state index in [2.05, 4.69) is 23.7 Å². The lowest BCUT2D eigenvalue weighted by molar-refractivity contribution is 0.208. The highest BCUT2D eigenvalue weighted by Gasteiger charge is 2.53. The van der Waals surface area contributed by atoms with Crippen molar-refractivity contribution in [3.63, 3.8) is 0 Å². The van der Waals surface area contributed by atoms with Crippen molar-refractivity contribution in [1.29, 1.82) is 0 Å². The Labute approximate surface area is 102 Å². The molecule has 0 saturated heterocycles. The van der Waals surface area contributed by atoms with Crippen molar-refractivity contribution in [2.24, 2.45) is 29.0 Å². The third-order valence-electron chi connectivity index (χ3n) is 4.90. The average molecular weight is 235 g/mol. The van der Waals surface area contributed by atoms with Gasteiger partial charge in [0.2, 0.25) is 0 Å². The third-order valence-corrected chi connectivity index (χ3v) is 4.90. The van der Waals surface area contributed by atoms with Crippen LogP contribution in [0.4, 0.5) is 4.79 Å². The van der Waals surface area contributed by atoms with E-state index in [1.54, 1.807) is 5.57 Å². The molecule has 4 heteroatoms. The topological polar surface area (TPSA) is 67.2 Å². The number of rotatable bonds is 2. The van der Waals surface area contributed by atoms with Gasteiger partial charge in [-0.2, -0.15) is 0 Å². The second-order valence-electron chi connectivity index (χ2n) is 6.23. The highest BCUT2D eigenvalue weighted by atomic mass is 16.2. The molecule has 0 aromatic heterocycles. The third kappa shape index (κ3) is 1.75. The van der Waals surface area contributed by atoms with Crippen LogP contribution in [-0.4, -0.2) is 12.6 Å². The van der Waals surface area contributed by atoms with E-state index in [4.69, 9.17) is 5.84 Å². The first-order chi connectivity index (χ1) is 8.12. The van der Waals surface area contributed by atoms with Crippen LogP contribution in [0.15, 0.2) is 11.6 Å². The molecule has 4 nitrogen and oxygen atoms in total. The molecule has 3 rings (SSSR count). The summed E-state index contributed by atoms with van der Waals surface area (Å²) in [7, 11) is 0. The summed E-state index contributed by atoms with van der Waals surface area (Å²) in [5, 5.41) is 2.91. The van der Waals surface area contributed by atoms with Crippen molar-refractivity contribution >= 4 is 6.03 Å².